The lowest BCUT2D eigenvalue weighted by molar-refractivity contribution is 0.312. The predicted octanol–water partition coefficient (Wildman–Crippen LogP) is 5.70. The van der Waals surface area contributed by atoms with Crippen LogP contribution in [0.3, 0.4) is 0 Å². The molecule has 168 valence electrons. The summed E-state index contributed by atoms with van der Waals surface area (Å²) in [6.07, 6.45) is 2.51. The maximum absolute atomic E-state index is 6.33. The highest BCUT2D eigenvalue weighted by Crippen LogP contribution is 2.40. The van der Waals surface area contributed by atoms with Crippen molar-refractivity contribution in [1.82, 2.24) is 14.9 Å². The minimum Gasteiger partial charge on any atom is -0.495 e. The van der Waals surface area contributed by atoms with Gasteiger partial charge in [0.15, 0.2) is 11.5 Å². The van der Waals surface area contributed by atoms with Crippen molar-refractivity contribution in [3.63, 3.8) is 0 Å². The summed E-state index contributed by atoms with van der Waals surface area (Å²) in [6, 6.07) is 11.6. The fraction of sp³-hybridized carbons (Fsp3) is 0.304. The molecule has 0 amide bonds. The van der Waals surface area contributed by atoms with E-state index in [2.05, 4.69) is 39.4 Å². The van der Waals surface area contributed by atoms with Crippen molar-refractivity contribution in [3.05, 3.63) is 58.7 Å². The van der Waals surface area contributed by atoms with E-state index in [9.17, 15) is 0 Å². The number of methoxy groups -OCH3 is 1. The smallest absolute Gasteiger partial charge is 0.243 e. The molecule has 0 radical (unpaired) electrons. The quantitative estimate of drug-likeness (QED) is 0.442. The standard InChI is InChI=1S/C23H26ClN4O3P/c1-28-10-9-15-12-21(29-2)18(11-16(15)14-28)26-23-25-13-17(24)22(27-23)30-19-7-5-6-8-20(19)31-32(3)4/h5-8,11-13H,9-10,14H2,1-4H3,(H,25,26,27). The summed E-state index contributed by atoms with van der Waals surface area (Å²) >= 11 is 6.33. The van der Waals surface area contributed by atoms with Crippen molar-refractivity contribution in [1.29, 1.82) is 0 Å². The van der Waals surface area contributed by atoms with E-state index in [0.29, 0.717) is 22.5 Å². The largest absolute Gasteiger partial charge is 0.495 e. The van der Waals surface area contributed by atoms with Crippen molar-refractivity contribution >= 4 is 31.4 Å². The van der Waals surface area contributed by atoms with Crippen molar-refractivity contribution in [2.45, 2.75) is 13.0 Å². The molecule has 0 bridgehead atoms. The summed E-state index contributed by atoms with van der Waals surface area (Å²) in [7, 11) is 3.17. The molecule has 0 fully saturated rings. The fourth-order valence-corrected chi connectivity index (χ4v) is 4.18. The number of benzene rings is 2. The zero-order chi connectivity index (χ0) is 22.7. The third kappa shape index (κ3) is 5.23. The highest BCUT2D eigenvalue weighted by molar-refractivity contribution is 7.51. The number of hydrogen-bond donors (Lipinski definition) is 1. The van der Waals surface area contributed by atoms with Gasteiger partial charge in [0.05, 0.1) is 27.1 Å². The Labute approximate surface area is 194 Å². The molecule has 7 nitrogen and oxygen atoms in total. The van der Waals surface area contributed by atoms with Crippen LogP contribution in [0.1, 0.15) is 11.1 Å². The van der Waals surface area contributed by atoms with Crippen LogP contribution in [0.15, 0.2) is 42.6 Å². The molecule has 0 aliphatic carbocycles. The highest BCUT2D eigenvalue weighted by Gasteiger charge is 2.18. The van der Waals surface area contributed by atoms with Gasteiger partial charge in [-0.15, -0.1) is 0 Å². The molecule has 2 heterocycles. The lowest BCUT2D eigenvalue weighted by Crippen LogP contribution is -2.26. The molecule has 2 aromatic carbocycles. The zero-order valence-electron chi connectivity index (χ0n) is 18.6. The van der Waals surface area contributed by atoms with E-state index in [1.807, 2.05) is 37.6 Å². The average molecular weight is 473 g/mol. The second-order valence-electron chi connectivity index (χ2n) is 7.73. The number of fused-ring (bicyclic) bond motifs is 1. The first-order valence-corrected chi connectivity index (χ1v) is 12.8. The molecule has 0 saturated heterocycles. The summed E-state index contributed by atoms with van der Waals surface area (Å²) in [4.78, 5) is 11.1. The molecule has 0 atom stereocenters. The first-order chi connectivity index (χ1) is 15.4. The van der Waals surface area contributed by atoms with Crippen LogP contribution in [0, 0.1) is 0 Å². The Morgan fingerprint density at radius 2 is 1.88 bits per heavy atom. The van der Waals surface area contributed by atoms with Crippen LogP contribution in [-0.2, 0) is 13.0 Å². The maximum atomic E-state index is 6.33. The topological polar surface area (TPSA) is 68.7 Å². The molecular weight excluding hydrogens is 447 g/mol. The Morgan fingerprint density at radius 1 is 1.09 bits per heavy atom. The van der Waals surface area contributed by atoms with Crippen LogP contribution in [0.5, 0.6) is 23.1 Å². The van der Waals surface area contributed by atoms with Crippen LogP contribution < -0.4 is 19.3 Å². The number of anilines is 2. The van der Waals surface area contributed by atoms with Gasteiger partial charge < -0.3 is 24.2 Å². The summed E-state index contributed by atoms with van der Waals surface area (Å²) in [5.74, 6) is 2.54. The summed E-state index contributed by atoms with van der Waals surface area (Å²) in [6.45, 7) is 5.97. The molecule has 32 heavy (non-hydrogen) atoms. The molecule has 4 rings (SSSR count). The van der Waals surface area contributed by atoms with Crippen molar-refractivity contribution in [3.8, 4) is 23.1 Å². The lowest BCUT2D eigenvalue weighted by atomic mass is 9.99. The molecule has 3 aromatic rings. The van der Waals surface area contributed by atoms with E-state index < -0.39 is 8.15 Å². The Morgan fingerprint density at radius 3 is 2.62 bits per heavy atom. The average Bonchev–Trinajstić information content (AvgIpc) is 2.76. The number of para-hydroxylation sites is 2. The number of aromatic nitrogens is 2. The monoisotopic (exact) mass is 472 g/mol. The van der Waals surface area contributed by atoms with Gasteiger partial charge in [-0.05, 0) is 62.2 Å². The number of rotatable bonds is 7. The molecule has 1 aliphatic rings. The number of hydrogen-bond acceptors (Lipinski definition) is 7. The van der Waals surface area contributed by atoms with Crippen molar-refractivity contribution in [2.24, 2.45) is 0 Å². The normalized spacial score (nSPS) is 13.6. The van der Waals surface area contributed by atoms with Gasteiger partial charge in [0.1, 0.15) is 10.8 Å². The molecule has 1 N–H and O–H groups in total. The molecule has 1 aromatic heterocycles. The lowest BCUT2D eigenvalue weighted by Gasteiger charge is -2.26. The Bertz CT molecular complexity index is 1110. The van der Waals surface area contributed by atoms with Gasteiger partial charge in [0.25, 0.3) is 0 Å². The number of ether oxygens (including phenoxy) is 2. The van der Waals surface area contributed by atoms with Gasteiger partial charge in [-0.2, -0.15) is 4.98 Å². The number of likely N-dealkylation sites (N-methyl/N-ethyl adjacent to an activating group) is 1. The van der Waals surface area contributed by atoms with Gasteiger partial charge in [0, 0.05) is 13.1 Å². The number of nitrogens with one attached hydrogen (secondary N) is 1. The maximum Gasteiger partial charge on any atom is 0.243 e. The predicted molar refractivity (Wildman–Crippen MR) is 129 cm³/mol. The zero-order valence-corrected chi connectivity index (χ0v) is 20.2. The molecule has 9 heteroatoms. The van der Waals surface area contributed by atoms with E-state index in [0.717, 1.165) is 30.9 Å². The summed E-state index contributed by atoms with van der Waals surface area (Å²) in [5, 5.41) is 3.56. The number of halogens is 1. The van der Waals surface area contributed by atoms with E-state index in [-0.39, 0.29) is 5.88 Å². The minimum atomic E-state index is -0.604. The third-order valence-corrected chi connectivity index (χ3v) is 5.84. The molecule has 0 saturated carbocycles. The minimum absolute atomic E-state index is 0.244. The number of nitrogens with zero attached hydrogens (tertiary/aromatic N) is 3. The molecule has 0 spiro atoms. The first-order valence-electron chi connectivity index (χ1n) is 10.2. The summed E-state index contributed by atoms with van der Waals surface area (Å²) < 4.78 is 17.5. The van der Waals surface area contributed by atoms with Crippen LogP contribution in [0.2, 0.25) is 5.02 Å². The third-order valence-electron chi connectivity index (χ3n) is 5.02. The van der Waals surface area contributed by atoms with Gasteiger partial charge in [0.2, 0.25) is 11.8 Å². The van der Waals surface area contributed by atoms with Gasteiger partial charge in [-0.3, -0.25) is 0 Å². The van der Waals surface area contributed by atoms with Crippen LogP contribution in [0.4, 0.5) is 11.6 Å². The Kier molecular flexibility index (Phi) is 6.99. The SMILES string of the molecule is COc1cc2c(cc1Nc1ncc(Cl)c(Oc3ccccc3OP(C)C)n1)CN(C)CC2. The first kappa shape index (κ1) is 22.6. The second-order valence-corrected chi connectivity index (χ2v) is 9.95. The van der Waals surface area contributed by atoms with Gasteiger partial charge in [-0.25, -0.2) is 4.98 Å². The van der Waals surface area contributed by atoms with Crippen LogP contribution in [-0.4, -0.2) is 48.9 Å². The summed E-state index contributed by atoms with van der Waals surface area (Å²) in [5.41, 5.74) is 3.35. The van der Waals surface area contributed by atoms with Crippen LogP contribution >= 0.6 is 19.7 Å². The van der Waals surface area contributed by atoms with Crippen LogP contribution in [0.25, 0.3) is 0 Å². The Hall–Kier alpha value is -2.60. The van der Waals surface area contributed by atoms with E-state index >= 15 is 0 Å². The highest BCUT2D eigenvalue weighted by atomic mass is 35.5. The van der Waals surface area contributed by atoms with E-state index in [1.165, 1.54) is 17.3 Å². The van der Waals surface area contributed by atoms with Crippen molar-refractivity contribution < 1.29 is 14.0 Å². The van der Waals surface area contributed by atoms with Gasteiger partial charge >= 0.3 is 0 Å². The molecular formula is C23H26ClN4O3P. The van der Waals surface area contributed by atoms with Gasteiger partial charge in [-0.1, -0.05) is 23.7 Å². The molecule has 0 unspecified atom stereocenters. The Balaban J connectivity index is 1.61. The second kappa shape index (κ2) is 9.90. The fourth-order valence-electron chi connectivity index (χ4n) is 3.51. The van der Waals surface area contributed by atoms with E-state index in [1.54, 1.807) is 7.11 Å². The molecule has 1 aliphatic heterocycles. The van der Waals surface area contributed by atoms with E-state index in [4.69, 9.17) is 25.6 Å². The van der Waals surface area contributed by atoms with Crippen molar-refractivity contribution in [2.75, 3.05) is 39.3 Å².